The maximum absolute atomic E-state index is 12.8. The molecule has 1 saturated heterocycles. The van der Waals surface area contributed by atoms with Crippen LogP contribution in [-0.2, 0) is 14.8 Å². The van der Waals surface area contributed by atoms with E-state index in [0.717, 1.165) is 28.1 Å². The first-order valence-corrected chi connectivity index (χ1v) is 11.4. The number of hydrogen-bond acceptors (Lipinski definition) is 7. The summed E-state index contributed by atoms with van der Waals surface area (Å²) >= 11 is 0. The van der Waals surface area contributed by atoms with Crippen molar-refractivity contribution in [2.24, 2.45) is 0 Å². The molecule has 1 amide bonds. The van der Waals surface area contributed by atoms with Crippen molar-refractivity contribution < 1.29 is 22.9 Å². The summed E-state index contributed by atoms with van der Waals surface area (Å²) in [5, 5.41) is 11.0. The Balaban J connectivity index is 1.67. The van der Waals surface area contributed by atoms with E-state index in [1.165, 1.54) is 18.2 Å². The number of piperazine rings is 1. The van der Waals surface area contributed by atoms with Gasteiger partial charge in [0.1, 0.15) is 12.3 Å². The number of non-ortho nitro benzene ring substituents is 1. The lowest BCUT2D eigenvalue weighted by atomic mass is 10.2. The van der Waals surface area contributed by atoms with Crippen LogP contribution in [0.1, 0.15) is 0 Å². The zero-order valence-corrected chi connectivity index (χ0v) is 18.1. The Kier molecular flexibility index (Phi) is 6.64. The van der Waals surface area contributed by atoms with E-state index in [4.69, 9.17) is 4.74 Å². The first-order valence-electron chi connectivity index (χ1n) is 9.58. The number of nitrogens with zero attached hydrogens (tertiary/aromatic N) is 4. The van der Waals surface area contributed by atoms with Gasteiger partial charge in [0.2, 0.25) is 15.9 Å². The zero-order valence-electron chi connectivity index (χ0n) is 17.3. The van der Waals surface area contributed by atoms with Gasteiger partial charge in [0.15, 0.2) is 0 Å². The molecule has 11 heteroatoms. The molecule has 0 bridgehead atoms. The smallest absolute Gasteiger partial charge is 0.271 e. The molecular formula is C20H24N4O6S. The quantitative estimate of drug-likeness (QED) is 0.468. The molecule has 0 unspecified atom stereocenters. The van der Waals surface area contributed by atoms with Gasteiger partial charge in [-0.3, -0.25) is 19.2 Å². The highest BCUT2D eigenvalue weighted by Crippen LogP contribution is 2.24. The number of amides is 1. The van der Waals surface area contributed by atoms with Crippen molar-refractivity contribution in [3.8, 4) is 5.75 Å². The molecule has 0 N–H and O–H groups in total. The van der Waals surface area contributed by atoms with Crippen LogP contribution >= 0.6 is 0 Å². The molecule has 2 aromatic carbocycles. The van der Waals surface area contributed by atoms with E-state index in [1.807, 2.05) is 24.3 Å². The normalized spacial score (nSPS) is 14.3. The number of methoxy groups -OCH3 is 1. The maximum atomic E-state index is 12.8. The standard InChI is InChI=1S/C20H24N4O6S/c1-30-19-8-6-16(7-9-19)21-10-12-22(13-11-21)20(25)15-23(31(2,28)29)17-4-3-5-18(14-17)24(26)27/h3-9,14H,10-13,15H2,1-2H3. The molecule has 0 aliphatic carbocycles. The highest BCUT2D eigenvalue weighted by Gasteiger charge is 2.27. The highest BCUT2D eigenvalue weighted by atomic mass is 32.2. The van der Waals surface area contributed by atoms with Crippen molar-refractivity contribution >= 4 is 33.0 Å². The minimum absolute atomic E-state index is 0.0851. The van der Waals surface area contributed by atoms with Gasteiger partial charge in [-0.05, 0) is 30.3 Å². The van der Waals surface area contributed by atoms with E-state index in [0.29, 0.717) is 26.2 Å². The summed E-state index contributed by atoms with van der Waals surface area (Å²) in [5.41, 5.74) is 0.857. The van der Waals surface area contributed by atoms with Crippen LogP contribution in [0.15, 0.2) is 48.5 Å². The van der Waals surface area contributed by atoms with E-state index in [9.17, 15) is 23.3 Å². The number of carbonyl (C=O) groups excluding carboxylic acids is 1. The van der Waals surface area contributed by atoms with Crippen LogP contribution in [0.3, 0.4) is 0 Å². The Morgan fingerprint density at radius 3 is 2.32 bits per heavy atom. The Morgan fingerprint density at radius 1 is 1.13 bits per heavy atom. The number of ether oxygens (including phenoxy) is 1. The molecule has 1 aliphatic heterocycles. The molecule has 31 heavy (non-hydrogen) atoms. The largest absolute Gasteiger partial charge is 0.497 e. The van der Waals surface area contributed by atoms with Crippen molar-refractivity contribution in [2.75, 3.05) is 55.3 Å². The number of benzene rings is 2. The third kappa shape index (κ3) is 5.43. The first kappa shape index (κ1) is 22.3. The Labute approximate surface area is 180 Å². The van der Waals surface area contributed by atoms with Crippen molar-refractivity contribution in [3.63, 3.8) is 0 Å². The lowest BCUT2D eigenvalue weighted by Crippen LogP contribution is -2.52. The molecule has 0 saturated carbocycles. The zero-order chi connectivity index (χ0) is 22.6. The van der Waals surface area contributed by atoms with Gasteiger partial charge < -0.3 is 14.5 Å². The topological polar surface area (TPSA) is 113 Å². The second-order valence-electron chi connectivity index (χ2n) is 7.11. The molecule has 0 aromatic heterocycles. The minimum Gasteiger partial charge on any atom is -0.497 e. The molecule has 1 aliphatic rings. The van der Waals surface area contributed by atoms with Crippen LogP contribution in [0.2, 0.25) is 0 Å². The minimum atomic E-state index is -3.81. The fraction of sp³-hybridized carbons (Fsp3) is 0.350. The Hall–Kier alpha value is -3.34. The number of carbonyl (C=O) groups is 1. The van der Waals surface area contributed by atoms with Crippen LogP contribution < -0.4 is 13.9 Å². The number of anilines is 2. The van der Waals surface area contributed by atoms with Crippen molar-refractivity contribution in [1.29, 1.82) is 0 Å². The lowest BCUT2D eigenvalue weighted by molar-refractivity contribution is -0.384. The van der Waals surface area contributed by atoms with Gasteiger partial charge in [-0.15, -0.1) is 0 Å². The van der Waals surface area contributed by atoms with E-state index < -0.39 is 21.5 Å². The van der Waals surface area contributed by atoms with Crippen LogP contribution in [0.5, 0.6) is 5.75 Å². The second-order valence-corrected chi connectivity index (χ2v) is 9.02. The van der Waals surface area contributed by atoms with Crippen LogP contribution in [0, 0.1) is 10.1 Å². The van der Waals surface area contributed by atoms with E-state index in [2.05, 4.69) is 4.90 Å². The molecule has 2 aromatic rings. The number of rotatable bonds is 7. The summed E-state index contributed by atoms with van der Waals surface area (Å²) in [6, 6.07) is 12.9. The number of nitro benzene ring substituents is 1. The molecule has 0 spiro atoms. The van der Waals surface area contributed by atoms with Crippen LogP contribution in [0.25, 0.3) is 0 Å². The highest BCUT2D eigenvalue weighted by molar-refractivity contribution is 7.92. The molecular weight excluding hydrogens is 424 g/mol. The summed E-state index contributed by atoms with van der Waals surface area (Å²) in [4.78, 5) is 27.0. The van der Waals surface area contributed by atoms with Gasteiger partial charge in [-0.2, -0.15) is 0 Å². The van der Waals surface area contributed by atoms with Crippen LogP contribution in [0.4, 0.5) is 17.1 Å². The average Bonchev–Trinajstić information content (AvgIpc) is 2.76. The van der Waals surface area contributed by atoms with E-state index >= 15 is 0 Å². The fourth-order valence-electron chi connectivity index (χ4n) is 3.39. The molecule has 1 heterocycles. The molecule has 1 fully saturated rings. The summed E-state index contributed by atoms with van der Waals surface area (Å²) in [5.74, 6) is 0.408. The fourth-order valence-corrected chi connectivity index (χ4v) is 4.23. The average molecular weight is 449 g/mol. The van der Waals surface area contributed by atoms with Gasteiger partial charge in [0.05, 0.1) is 24.0 Å². The third-order valence-corrected chi connectivity index (χ3v) is 6.22. The third-order valence-electron chi connectivity index (χ3n) is 5.08. The first-order chi connectivity index (χ1) is 14.7. The predicted octanol–water partition coefficient (Wildman–Crippen LogP) is 1.72. The van der Waals surface area contributed by atoms with Crippen molar-refractivity contribution in [3.05, 3.63) is 58.6 Å². The molecule has 0 atom stereocenters. The Bertz CT molecular complexity index is 1050. The van der Waals surface area contributed by atoms with Crippen LogP contribution in [-0.4, -0.2) is 70.2 Å². The molecule has 10 nitrogen and oxygen atoms in total. The molecule has 0 radical (unpaired) electrons. The molecule has 166 valence electrons. The Morgan fingerprint density at radius 2 is 1.77 bits per heavy atom. The van der Waals surface area contributed by atoms with Gasteiger partial charge >= 0.3 is 0 Å². The maximum Gasteiger partial charge on any atom is 0.271 e. The summed E-state index contributed by atoms with van der Waals surface area (Å²) in [6.45, 7) is 1.68. The van der Waals surface area contributed by atoms with E-state index in [1.54, 1.807) is 12.0 Å². The second kappa shape index (κ2) is 9.21. The number of nitro groups is 1. The van der Waals surface area contributed by atoms with Gasteiger partial charge in [-0.1, -0.05) is 6.07 Å². The van der Waals surface area contributed by atoms with Gasteiger partial charge in [0.25, 0.3) is 5.69 Å². The monoisotopic (exact) mass is 448 g/mol. The van der Waals surface area contributed by atoms with Gasteiger partial charge in [-0.25, -0.2) is 8.42 Å². The molecule has 3 rings (SSSR count). The number of sulfonamides is 1. The summed E-state index contributed by atoms with van der Waals surface area (Å²) in [7, 11) is -2.21. The number of hydrogen-bond donors (Lipinski definition) is 0. The summed E-state index contributed by atoms with van der Waals surface area (Å²) in [6.07, 6.45) is 0.973. The van der Waals surface area contributed by atoms with Gasteiger partial charge in [0, 0.05) is 44.0 Å². The predicted molar refractivity (Wildman–Crippen MR) is 117 cm³/mol. The summed E-state index contributed by atoms with van der Waals surface area (Å²) < 4.78 is 30.6. The van der Waals surface area contributed by atoms with Crippen molar-refractivity contribution in [1.82, 2.24) is 4.90 Å². The SMILES string of the molecule is COc1ccc(N2CCN(C(=O)CN(c3cccc([N+](=O)[O-])c3)S(C)(=O)=O)CC2)cc1. The van der Waals surface area contributed by atoms with E-state index in [-0.39, 0.29) is 17.3 Å². The lowest BCUT2D eigenvalue weighted by Gasteiger charge is -2.37. The van der Waals surface area contributed by atoms with Crippen molar-refractivity contribution in [2.45, 2.75) is 0 Å².